The maximum absolute atomic E-state index is 10.8. The molecule has 1 aliphatic carbocycles. The molecule has 0 bridgehead atoms. The van der Waals surface area contributed by atoms with E-state index in [0.717, 1.165) is 69.2 Å². The fourth-order valence-corrected chi connectivity index (χ4v) is 4.31. The van der Waals surface area contributed by atoms with Gasteiger partial charge in [-0.2, -0.15) is 0 Å². The van der Waals surface area contributed by atoms with Gasteiger partial charge in [0.15, 0.2) is 5.96 Å². The van der Waals surface area contributed by atoms with Crippen molar-refractivity contribution in [3.63, 3.8) is 0 Å². The highest BCUT2D eigenvalue weighted by Crippen LogP contribution is 2.33. The van der Waals surface area contributed by atoms with E-state index in [0.29, 0.717) is 12.5 Å². The summed E-state index contributed by atoms with van der Waals surface area (Å²) in [5.74, 6) is 2.98. The molecular weight excluding hydrogens is 354 g/mol. The molecule has 3 rings (SSSR count). The van der Waals surface area contributed by atoms with Gasteiger partial charge in [0.25, 0.3) is 0 Å². The molecule has 1 saturated carbocycles. The second kappa shape index (κ2) is 9.50. The van der Waals surface area contributed by atoms with Gasteiger partial charge < -0.3 is 24.8 Å². The number of likely N-dealkylation sites (tertiary alicyclic amines) is 1. The van der Waals surface area contributed by atoms with E-state index in [1.54, 1.807) is 14.2 Å². The molecule has 1 saturated heterocycles. The molecule has 28 heavy (non-hydrogen) atoms. The Kier molecular flexibility index (Phi) is 7.05. The Hall–Kier alpha value is -1.95. The summed E-state index contributed by atoms with van der Waals surface area (Å²) in [7, 11) is 3.37. The van der Waals surface area contributed by atoms with Gasteiger partial charge in [0.1, 0.15) is 11.5 Å². The van der Waals surface area contributed by atoms with Crippen LogP contribution in [0, 0.1) is 0 Å². The van der Waals surface area contributed by atoms with Crippen molar-refractivity contribution in [3.05, 3.63) is 23.8 Å². The van der Waals surface area contributed by atoms with E-state index in [1.807, 2.05) is 6.07 Å². The normalized spacial score (nSPS) is 22.2. The molecule has 2 aliphatic rings. The molecule has 0 spiro atoms. The molecule has 0 amide bonds. The maximum atomic E-state index is 10.8. The molecule has 6 nitrogen and oxygen atoms in total. The van der Waals surface area contributed by atoms with Crippen LogP contribution in [0.25, 0.3) is 0 Å². The third-order valence-corrected chi connectivity index (χ3v) is 5.98. The predicted molar refractivity (Wildman–Crippen MR) is 112 cm³/mol. The van der Waals surface area contributed by atoms with Crippen LogP contribution in [0.4, 0.5) is 0 Å². The lowest BCUT2D eigenvalue weighted by molar-refractivity contribution is 0.0130. The zero-order valence-corrected chi connectivity index (χ0v) is 17.5. The van der Waals surface area contributed by atoms with Crippen LogP contribution in [0.3, 0.4) is 0 Å². The van der Waals surface area contributed by atoms with Crippen LogP contribution in [0.2, 0.25) is 0 Å². The molecule has 1 heterocycles. The predicted octanol–water partition coefficient (Wildman–Crippen LogP) is 3.15. The third-order valence-electron chi connectivity index (χ3n) is 5.98. The van der Waals surface area contributed by atoms with Crippen LogP contribution in [0.15, 0.2) is 23.2 Å². The smallest absolute Gasteiger partial charge is 0.194 e. The minimum Gasteiger partial charge on any atom is -0.497 e. The zero-order chi connectivity index (χ0) is 20.0. The summed E-state index contributed by atoms with van der Waals surface area (Å²) in [4.78, 5) is 7.13. The lowest BCUT2D eigenvalue weighted by Gasteiger charge is -2.31. The van der Waals surface area contributed by atoms with Crippen molar-refractivity contribution in [1.29, 1.82) is 0 Å². The van der Waals surface area contributed by atoms with Gasteiger partial charge in [-0.15, -0.1) is 0 Å². The van der Waals surface area contributed by atoms with Crippen LogP contribution in [0.5, 0.6) is 11.5 Å². The first-order valence-corrected chi connectivity index (χ1v) is 10.6. The van der Waals surface area contributed by atoms with Gasteiger partial charge in [-0.3, -0.25) is 4.99 Å². The Balaban J connectivity index is 1.70. The molecular formula is C22H35N3O3. The largest absolute Gasteiger partial charge is 0.497 e. The second-order valence-electron chi connectivity index (χ2n) is 8.03. The van der Waals surface area contributed by atoms with Crippen molar-refractivity contribution < 1.29 is 14.6 Å². The summed E-state index contributed by atoms with van der Waals surface area (Å²) in [6.07, 6.45) is 6.22. The van der Waals surface area contributed by atoms with E-state index < -0.39 is 5.60 Å². The van der Waals surface area contributed by atoms with Gasteiger partial charge >= 0.3 is 0 Å². The average Bonchev–Trinajstić information content (AvgIpc) is 3.21. The number of nitrogens with zero attached hydrogens (tertiary/aromatic N) is 2. The van der Waals surface area contributed by atoms with Crippen LogP contribution >= 0.6 is 0 Å². The van der Waals surface area contributed by atoms with Crippen LogP contribution in [-0.2, 0) is 0 Å². The third kappa shape index (κ3) is 5.10. The quantitative estimate of drug-likeness (QED) is 0.578. The van der Waals surface area contributed by atoms with Crippen molar-refractivity contribution in [2.24, 2.45) is 4.99 Å². The Bertz CT molecular complexity index is 649. The fourth-order valence-electron chi connectivity index (χ4n) is 4.31. The van der Waals surface area contributed by atoms with Crippen molar-refractivity contribution in [3.8, 4) is 11.5 Å². The Morgan fingerprint density at radius 1 is 1.18 bits per heavy atom. The Morgan fingerprint density at radius 2 is 1.86 bits per heavy atom. The van der Waals surface area contributed by atoms with E-state index in [1.165, 1.54) is 12.0 Å². The number of nitrogens with one attached hydrogen (secondary N) is 1. The van der Waals surface area contributed by atoms with Crippen LogP contribution in [-0.4, -0.2) is 62.0 Å². The number of hydrogen-bond acceptors (Lipinski definition) is 4. The molecule has 1 aliphatic heterocycles. The number of aliphatic imine (C=N–C) groups is 1. The number of benzene rings is 1. The van der Waals surface area contributed by atoms with E-state index >= 15 is 0 Å². The first-order valence-electron chi connectivity index (χ1n) is 10.6. The summed E-state index contributed by atoms with van der Waals surface area (Å²) in [6.45, 7) is 5.26. The topological polar surface area (TPSA) is 66.3 Å². The number of aliphatic hydroxyl groups is 1. The standard InChI is InChI=1S/C22H35N3O3/c1-4-23-21(24-16-22(26)9-6-5-7-10-22)25-11-8-17(15-25)18-12-19(27-2)14-20(13-18)28-3/h12-14,17,26H,4-11,15-16H2,1-3H3,(H,23,24). The minimum atomic E-state index is -0.627. The van der Waals surface area contributed by atoms with Gasteiger partial charge in [0, 0.05) is 31.6 Å². The summed E-state index contributed by atoms with van der Waals surface area (Å²) in [5.41, 5.74) is 0.610. The van der Waals surface area contributed by atoms with Crippen molar-refractivity contribution in [1.82, 2.24) is 10.2 Å². The first-order chi connectivity index (χ1) is 13.6. The minimum absolute atomic E-state index is 0.408. The van der Waals surface area contributed by atoms with Crippen LogP contribution < -0.4 is 14.8 Å². The van der Waals surface area contributed by atoms with Gasteiger partial charge in [-0.25, -0.2) is 0 Å². The van der Waals surface area contributed by atoms with E-state index in [4.69, 9.17) is 14.5 Å². The molecule has 1 aromatic carbocycles. The molecule has 6 heteroatoms. The average molecular weight is 390 g/mol. The zero-order valence-electron chi connectivity index (χ0n) is 17.5. The molecule has 2 N–H and O–H groups in total. The molecule has 1 unspecified atom stereocenters. The van der Waals surface area contributed by atoms with Crippen molar-refractivity contribution in [2.45, 2.75) is 57.0 Å². The number of methoxy groups -OCH3 is 2. The highest BCUT2D eigenvalue weighted by Gasteiger charge is 2.31. The maximum Gasteiger partial charge on any atom is 0.194 e. The van der Waals surface area contributed by atoms with Gasteiger partial charge in [0.05, 0.1) is 26.4 Å². The highest BCUT2D eigenvalue weighted by atomic mass is 16.5. The Morgan fingerprint density at radius 3 is 2.46 bits per heavy atom. The molecule has 0 radical (unpaired) electrons. The number of rotatable bonds is 6. The summed E-state index contributed by atoms with van der Waals surface area (Å²) in [6, 6.07) is 6.11. The SMILES string of the molecule is CCNC(=NCC1(O)CCCCC1)N1CCC(c2cc(OC)cc(OC)c2)C1. The second-order valence-corrected chi connectivity index (χ2v) is 8.03. The lowest BCUT2D eigenvalue weighted by atomic mass is 9.85. The lowest BCUT2D eigenvalue weighted by Crippen LogP contribution is -2.42. The van der Waals surface area contributed by atoms with E-state index in [-0.39, 0.29) is 0 Å². The van der Waals surface area contributed by atoms with Crippen molar-refractivity contribution in [2.75, 3.05) is 40.4 Å². The summed E-state index contributed by atoms with van der Waals surface area (Å²) in [5, 5.41) is 14.2. The summed E-state index contributed by atoms with van der Waals surface area (Å²) < 4.78 is 10.9. The highest BCUT2D eigenvalue weighted by molar-refractivity contribution is 5.80. The fraction of sp³-hybridized carbons (Fsp3) is 0.682. The number of ether oxygens (including phenoxy) is 2. The van der Waals surface area contributed by atoms with Crippen LogP contribution in [0.1, 0.15) is 56.9 Å². The number of hydrogen-bond donors (Lipinski definition) is 2. The van der Waals surface area contributed by atoms with E-state index in [9.17, 15) is 5.11 Å². The first kappa shape index (κ1) is 20.8. The summed E-state index contributed by atoms with van der Waals surface area (Å²) >= 11 is 0. The molecule has 1 aromatic rings. The van der Waals surface area contributed by atoms with E-state index in [2.05, 4.69) is 29.3 Å². The molecule has 0 aromatic heterocycles. The van der Waals surface area contributed by atoms with Crippen molar-refractivity contribution >= 4 is 5.96 Å². The van der Waals surface area contributed by atoms with Gasteiger partial charge in [-0.1, -0.05) is 19.3 Å². The molecule has 1 atom stereocenters. The van der Waals surface area contributed by atoms with Gasteiger partial charge in [-0.05, 0) is 43.9 Å². The monoisotopic (exact) mass is 389 g/mol. The molecule has 2 fully saturated rings. The van der Waals surface area contributed by atoms with Gasteiger partial charge in [0.2, 0.25) is 0 Å². The Labute approximate surface area is 168 Å². The number of guanidine groups is 1. The molecule has 156 valence electrons.